The van der Waals surface area contributed by atoms with E-state index in [0.717, 1.165) is 31.4 Å². The third-order valence-corrected chi connectivity index (χ3v) is 3.51. The Morgan fingerprint density at radius 1 is 1.38 bits per heavy atom. The average molecular weight is 291 g/mol. The number of nitrogens with zero attached hydrogens (tertiary/aromatic N) is 1. The Bertz CT molecular complexity index is 456. The Morgan fingerprint density at radius 2 is 2.14 bits per heavy atom. The van der Waals surface area contributed by atoms with Gasteiger partial charge in [-0.2, -0.15) is 0 Å². The second-order valence-corrected chi connectivity index (χ2v) is 6.53. The van der Waals surface area contributed by atoms with Crippen LogP contribution in [0, 0.1) is 0 Å². The Morgan fingerprint density at radius 3 is 2.81 bits per heavy atom. The average Bonchev–Trinajstić information content (AvgIpc) is 2.82. The van der Waals surface area contributed by atoms with Crippen molar-refractivity contribution in [1.82, 2.24) is 15.6 Å². The molecule has 2 N–H and O–H groups in total. The van der Waals surface area contributed by atoms with Crippen LogP contribution in [-0.2, 0) is 11.3 Å². The minimum Gasteiger partial charge on any atom is -0.444 e. The summed E-state index contributed by atoms with van der Waals surface area (Å²) in [6.45, 7) is 6.39. The molecule has 1 aromatic heterocycles. The maximum absolute atomic E-state index is 11.9. The summed E-state index contributed by atoms with van der Waals surface area (Å²) in [5.41, 5.74) is 0.696. The lowest BCUT2D eigenvalue weighted by molar-refractivity contribution is 0.0498. The maximum Gasteiger partial charge on any atom is 0.407 e. The van der Waals surface area contributed by atoms with E-state index in [0.29, 0.717) is 0 Å². The zero-order valence-electron chi connectivity index (χ0n) is 13.1. The van der Waals surface area contributed by atoms with E-state index in [1.54, 1.807) is 6.20 Å². The van der Waals surface area contributed by atoms with Gasteiger partial charge in [0.2, 0.25) is 0 Å². The van der Waals surface area contributed by atoms with Crippen LogP contribution in [0.3, 0.4) is 0 Å². The Balaban J connectivity index is 1.81. The predicted molar refractivity (Wildman–Crippen MR) is 81.9 cm³/mol. The molecule has 0 unspecified atom stereocenters. The molecule has 0 aliphatic heterocycles. The molecule has 5 heteroatoms. The number of aromatic nitrogens is 1. The smallest absolute Gasteiger partial charge is 0.407 e. The van der Waals surface area contributed by atoms with Gasteiger partial charge in [0.1, 0.15) is 5.60 Å². The van der Waals surface area contributed by atoms with Crippen LogP contribution < -0.4 is 10.6 Å². The van der Waals surface area contributed by atoms with Gasteiger partial charge in [-0.25, -0.2) is 4.79 Å². The summed E-state index contributed by atoms with van der Waals surface area (Å²) in [6.07, 6.45) is 6.47. The quantitative estimate of drug-likeness (QED) is 0.895. The first-order valence-corrected chi connectivity index (χ1v) is 7.56. The van der Waals surface area contributed by atoms with Crippen LogP contribution in [0.15, 0.2) is 24.5 Å². The molecule has 2 atom stereocenters. The summed E-state index contributed by atoms with van der Waals surface area (Å²) in [5, 5.41) is 6.49. The minimum absolute atomic E-state index is 0.136. The van der Waals surface area contributed by atoms with Gasteiger partial charge in [-0.1, -0.05) is 6.07 Å². The molecular formula is C16H25N3O2. The number of ether oxygens (including phenoxy) is 1. The third kappa shape index (κ3) is 5.34. The first kappa shape index (κ1) is 15.8. The number of carbonyl (C=O) groups excluding carboxylic acids is 1. The highest BCUT2D eigenvalue weighted by atomic mass is 16.6. The van der Waals surface area contributed by atoms with Crippen LogP contribution in [-0.4, -0.2) is 28.8 Å². The number of amides is 1. The van der Waals surface area contributed by atoms with E-state index in [-0.39, 0.29) is 18.2 Å². The minimum atomic E-state index is -0.457. The van der Waals surface area contributed by atoms with Crippen molar-refractivity contribution in [1.29, 1.82) is 0 Å². The normalized spacial score (nSPS) is 22.0. The number of hydrogen-bond acceptors (Lipinski definition) is 4. The SMILES string of the molecule is CC(C)(C)OC(=O)N[C@@H]1CCC[C@@H]1NCc1cccnc1. The summed E-state index contributed by atoms with van der Waals surface area (Å²) >= 11 is 0. The Hall–Kier alpha value is -1.62. The fourth-order valence-corrected chi connectivity index (χ4v) is 2.59. The third-order valence-electron chi connectivity index (χ3n) is 3.51. The largest absolute Gasteiger partial charge is 0.444 e. The van der Waals surface area contributed by atoms with Crippen molar-refractivity contribution in [3.05, 3.63) is 30.1 Å². The lowest BCUT2D eigenvalue weighted by Crippen LogP contribution is -2.47. The van der Waals surface area contributed by atoms with Gasteiger partial charge in [0.25, 0.3) is 0 Å². The van der Waals surface area contributed by atoms with Crippen molar-refractivity contribution in [3.8, 4) is 0 Å². The van der Waals surface area contributed by atoms with Crippen molar-refractivity contribution in [2.75, 3.05) is 0 Å². The lowest BCUT2D eigenvalue weighted by atomic mass is 10.1. The van der Waals surface area contributed by atoms with Crippen LogP contribution >= 0.6 is 0 Å². The van der Waals surface area contributed by atoms with Crippen molar-refractivity contribution >= 4 is 6.09 Å². The summed E-state index contributed by atoms with van der Waals surface area (Å²) in [5.74, 6) is 0. The van der Waals surface area contributed by atoms with Gasteiger partial charge in [-0.3, -0.25) is 4.98 Å². The summed E-state index contributed by atoms with van der Waals surface area (Å²) in [7, 11) is 0. The fraction of sp³-hybridized carbons (Fsp3) is 0.625. The van der Waals surface area contributed by atoms with Crippen LogP contribution in [0.25, 0.3) is 0 Å². The number of pyridine rings is 1. The molecule has 1 amide bonds. The number of rotatable bonds is 4. The van der Waals surface area contributed by atoms with Gasteiger partial charge in [-0.05, 0) is 51.7 Å². The monoisotopic (exact) mass is 291 g/mol. The molecule has 1 aliphatic rings. The number of nitrogens with one attached hydrogen (secondary N) is 2. The first-order chi connectivity index (χ1) is 9.94. The van der Waals surface area contributed by atoms with E-state index >= 15 is 0 Å². The number of hydrogen-bond donors (Lipinski definition) is 2. The molecule has 1 heterocycles. The Labute approximate surface area is 126 Å². The molecule has 1 aliphatic carbocycles. The second kappa shape index (κ2) is 6.89. The molecule has 0 aromatic carbocycles. The molecule has 5 nitrogen and oxygen atoms in total. The zero-order valence-corrected chi connectivity index (χ0v) is 13.1. The van der Waals surface area contributed by atoms with Gasteiger partial charge >= 0.3 is 6.09 Å². The summed E-state index contributed by atoms with van der Waals surface area (Å²) < 4.78 is 5.32. The molecule has 0 saturated heterocycles. The highest BCUT2D eigenvalue weighted by molar-refractivity contribution is 5.68. The van der Waals surface area contributed by atoms with E-state index in [2.05, 4.69) is 15.6 Å². The van der Waals surface area contributed by atoms with Crippen molar-refractivity contribution < 1.29 is 9.53 Å². The molecule has 116 valence electrons. The number of carbonyl (C=O) groups is 1. The number of alkyl carbamates (subject to hydrolysis) is 1. The van der Waals surface area contributed by atoms with Crippen molar-refractivity contribution in [3.63, 3.8) is 0 Å². The molecule has 0 radical (unpaired) electrons. The molecule has 1 aromatic rings. The van der Waals surface area contributed by atoms with E-state index in [1.165, 1.54) is 0 Å². The zero-order chi connectivity index (χ0) is 15.3. The summed E-state index contributed by atoms with van der Waals surface area (Å²) in [4.78, 5) is 16.0. The van der Waals surface area contributed by atoms with E-state index in [1.807, 2.05) is 39.1 Å². The molecule has 0 bridgehead atoms. The van der Waals surface area contributed by atoms with E-state index in [4.69, 9.17) is 4.74 Å². The molecule has 0 spiro atoms. The van der Waals surface area contributed by atoms with Crippen LogP contribution in [0.5, 0.6) is 0 Å². The fourth-order valence-electron chi connectivity index (χ4n) is 2.59. The molecular weight excluding hydrogens is 266 g/mol. The van der Waals surface area contributed by atoms with Crippen molar-refractivity contribution in [2.45, 2.75) is 64.3 Å². The standard InChI is InChI=1S/C16H25N3O2/c1-16(2,3)21-15(20)19-14-8-4-7-13(14)18-11-12-6-5-9-17-10-12/h5-6,9-10,13-14,18H,4,7-8,11H2,1-3H3,(H,19,20)/t13-,14+/m0/s1. The molecule has 1 fully saturated rings. The van der Waals surface area contributed by atoms with Crippen molar-refractivity contribution in [2.24, 2.45) is 0 Å². The first-order valence-electron chi connectivity index (χ1n) is 7.56. The maximum atomic E-state index is 11.9. The van der Waals surface area contributed by atoms with E-state index in [9.17, 15) is 4.79 Å². The molecule has 21 heavy (non-hydrogen) atoms. The summed E-state index contributed by atoms with van der Waals surface area (Å²) in [6, 6.07) is 4.40. The predicted octanol–water partition coefficient (Wildman–Crippen LogP) is 2.62. The van der Waals surface area contributed by atoms with Gasteiger partial charge in [0.05, 0.1) is 0 Å². The highest BCUT2D eigenvalue weighted by Crippen LogP contribution is 2.20. The van der Waals surface area contributed by atoms with Gasteiger partial charge in [-0.15, -0.1) is 0 Å². The lowest BCUT2D eigenvalue weighted by Gasteiger charge is -2.25. The van der Waals surface area contributed by atoms with Crippen LogP contribution in [0.1, 0.15) is 45.6 Å². The van der Waals surface area contributed by atoms with Gasteiger partial charge in [0, 0.05) is 31.0 Å². The Kier molecular flexibility index (Phi) is 5.17. The second-order valence-electron chi connectivity index (χ2n) is 6.53. The molecule has 2 rings (SSSR count). The van der Waals surface area contributed by atoms with Gasteiger partial charge < -0.3 is 15.4 Å². The van der Waals surface area contributed by atoms with Crippen LogP contribution in [0.4, 0.5) is 4.79 Å². The van der Waals surface area contributed by atoms with Gasteiger partial charge in [0.15, 0.2) is 0 Å². The topological polar surface area (TPSA) is 63.2 Å². The highest BCUT2D eigenvalue weighted by Gasteiger charge is 2.29. The molecule has 1 saturated carbocycles. The van der Waals surface area contributed by atoms with Crippen LogP contribution in [0.2, 0.25) is 0 Å². The van der Waals surface area contributed by atoms with E-state index < -0.39 is 5.60 Å².